The Balaban J connectivity index is 2.06. The van der Waals surface area contributed by atoms with Gasteiger partial charge < -0.3 is 0 Å². The van der Waals surface area contributed by atoms with E-state index in [-0.39, 0.29) is 5.82 Å². The quantitative estimate of drug-likeness (QED) is 0.514. The van der Waals surface area contributed by atoms with Crippen molar-refractivity contribution in [2.24, 2.45) is 0 Å². The molecule has 0 saturated heterocycles. The van der Waals surface area contributed by atoms with E-state index in [0.29, 0.717) is 0 Å². The van der Waals surface area contributed by atoms with E-state index in [9.17, 15) is 4.39 Å². The molecular weight excluding hydrogens is 283 g/mol. The second kappa shape index (κ2) is 6.00. The molecule has 3 rings (SSSR count). The van der Waals surface area contributed by atoms with Crippen molar-refractivity contribution in [3.63, 3.8) is 0 Å². The van der Waals surface area contributed by atoms with Crippen LogP contribution < -0.4 is 0 Å². The molecule has 0 spiro atoms. The van der Waals surface area contributed by atoms with Crippen LogP contribution in [0.3, 0.4) is 0 Å². The summed E-state index contributed by atoms with van der Waals surface area (Å²) in [5.41, 5.74) is 8.93. The third-order valence-corrected chi connectivity index (χ3v) is 4.62. The molecule has 0 aliphatic rings. The van der Waals surface area contributed by atoms with E-state index in [1.54, 1.807) is 6.07 Å². The monoisotopic (exact) mass is 304 g/mol. The third-order valence-electron chi connectivity index (χ3n) is 4.62. The lowest BCUT2D eigenvalue weighted by Gasteiger charge is -2.13. The number of halogens is 1. The van der Waals surface area contributed by atoms with Gasteiger partial charge in [-0.2, -0.15) is 0 Å². The second-order valence-electron chi connectivity index (χ2n) is 6.24. The SMILES string of the molecule is Cc1ccc(-c2ccc(-c3ccc(F)c(C)c3C)cc2C)cc1. The largest absolute Gasteiger partial charge is 0.207 e. The summed E-state index contributed by atoms with van der Waals surface area (Å²) in [5.74, 6) is -0.140. The van der Waals surface area contributed by atoms with Gasteiger partial charge in [0.15, 0.2) is 0 Å². The zero-order valence-electron chi connectivity index (χ0n) is 14.1. The normalized spacial score (nSPS) is 10.8. The summed E-state index contributed by atoms with van der Waals surface area (Å²) in [5, 5.41) is 0. The van der Waals surface area contributed by atoms with Crippen molar-refractivity contribution in [1.29, 1.82) is 0 Å². The van der Waals surface area contributed by atoms with E-state index in [4.69, 9.17) is 0 Å². The van der Waals surface area contributed by atoms with Crippen LogP contribution in [0.15, 0.2) is 54.6 Å². The first-order chi connectivity index (χ1) is 11.0. The van der Waals surface area contributed by atoms with E-state index < -0.39 is 0 Å². The number of aryl methyl sites for hydroxylation is 2. The summed E-state index contributed by atoms with van der Waals surface area (Å²) in [6, 6.07) is 18.5. The summed E-state index contributed by atoms with van der Waals surface area (Å²) in [6.07, 6.45) is 0. The van der Waals surface area contributed by atoms with E-state index in [0.717, 1.165) is 22.3 Å². The van der Waals surface area contributed by atoms with E-state index in [1.165, 1.54) is 22.3 Å². The third kappa shape index (κ3) is 2.92. The highest BCUT2D eigenvalue weighted by atomic mass is 19.1. The van der Waals surface area contributed by atoms with Crippen molar-refractivity contribution in [2.45, 2.75) is 27.7 Å². The van der Waals surface area contributed by atoms with Crippen molar-refractivity contribution in [3.05, 3.63) is 82.7 Å². The topological polar surface area (TPSA) is 0 Å². The molecule has 0 unspecified atom stereocenters. The molecular formula is C22H21F. The summed E-state index contributed by atoms with van der Waals surface area (Å²) in [7, 11) is 0. The lowest BCUT2D eigenvalue weighted by atomic mass is 9.92. The number of hydrogen-bond acceptors (Lipinski definition) is 0. The molecule has 0 saturated carbocycles. The van der Waals surface area contributed by atoms with Gasteiger partial charge in [-0.15, -0.1) is 0 Å². The predicted molar refractivity (Wildman–Crippen MR) is 96.2 cm³/mol. The summed E-state index contributed by atoms with van der Waals surface area (Å²) >= 11 is 0. The summed E-state index contributed by atoms with van der Waals surface area (Å²) < 4.78 is 13.7. The Morgan fingerprint density at radius 3 is 1.87 bits per heavy atom. The van der Waals surface area contributed by atoms with Gasteiger partial charge in [-0.3, -0.25) is 0 Å². The lowest BCUT2D eigenvalue weighted by Crippen LogP contribution is -1.92. The predicted octanol–water partition coefficient (Wildman–Crippen LogP) is 6.39. The first-order valence-electron chi connectivity index (χ1n) is 7.91. The number of hydrogen-bond donors (Lipinski definition) is 0. The molecule has 0 aliphatic heterocycles. The molecule has 0 fully saturated rings. The van der Waals surface area contributed by atoms with Gasteiger partial charge in [0.2, 0.25) is 0 Å². The maximum Gasteiger partial charge on any atom is 0.126 e. The fourth-order valence-electron chi connectivity index (χ4n) is 2.99. The van der Waals surface area contributed by atoms with E-state index in [2.05, 4.69) is 56.3 Å². The van der Waals surface area contributed by atoms with Crippen LogP contribution in [0.4, 0.5) is 4.39 Å². The van der Waals surface area contributed by atoms with Crippen LogP contribution in [0.5, 0.6) is 0 Å². The van der Waals surface area contributed by atoms with Gasteiger partial charge in [0.05, 0.1) is 0 Å². The minimum atomic E-state index is -0.140. The molecule has 0 aliphatic carbocycles. The standard InChI is InChI=1S/C22H21F/c1-14-5-7-18(8-6-14)20-10-9-19(13-15(20)2)21-11-12-22(23)17(4)16(21)3/h5-13H,1-4H3. The Kier molecular flexibility index (Phi) is 4.04. The molecule has 3 aromatic carbocycles. The van der Waals surface area contributed by atoms with Crippen LogP contribution in [0.1, 0.15) is 22.3 Å². The van der Waals surface area contributed by atoms with Gasteiger partial charge in [-0.05, 0) is 72.7 Å². The Bertz CT molecular complexity index is 858. The molecule has 0 nitrogen and oxygen atoms in total. The fraction of sp³-hybridized carbons (Fsp3) is 0.182. The number of benzene rings is 3. The van der Waals surface area contributed by atoms with Crippen LogP contribution in [-0.4, -0.2) is 0 Å². The molecule has 0 bridgehead atoms. The van der Waals surface area contributed by atoms with Crippen molar-refractivity contribution in [2.75, 3.05) is 0 Å². The summed E-state index contributed by atoms with van der Waals surface area (Å²) in [4.78, 5) is 0. The van der Waals surface area contributed by atoms with Crippen molar-refractivity contribution in [1.82, 2.24) is 0 Å². The molecule has 0 radical (unpaired) electrons. The zero-order valence-corrected chi connectivity index (χ0v) is 14.1. The Morgan fingerprint density at radius 2 is 1.22 bits per heavy atom. The van der Waals surface area contributed by atoms with Crippen LogP contribution in [0.25, 0.3) is 22.3 Å². The first-order valence-corrected chi connectivity index (χ1v) is 7.91. The van der Waals surface area contributed by atoms with Crippen LogP contribution in [0.2, 0.25) is 0 Å². The van der Waals surface area contributed by atoms with Crippen LogP contribution in [0, 0.1) is 33.5 Å². The van der Waals surface area contributed by atoms with E-state index in [1.807, 2.05) is 19.9 Å². The average Bonchev–Trinajstić information content (AvgIpc) is 2.54. The highest BCUT2D eigenvalue weighted by Crippen LogP contribution is 2.31. The maximum atomic E-state index is 13.7. The minimum Gasteiger partial charge on any atom is -0.207 e. The molecule has 116 valence electrons. The van der Waals surface area contributed by atoms with Crippen molar-refractivity contribution >= 4 is 0 Å². The molecule has 0 N–H and O–H groups in total. The van der Waals surface area contributed by atoms with Crippen molar-refractivity contribution < 1.29 is 4.39 Å². The molecule has 0 amide bonds. The molecule has 0 aromatic heterocycles. The Morgan fingerprint density at radius 1 is 0.609 bits per heavy atom. The second-order valence-corrected chi connectivity index (χ2v) is 6.24. The van der Waals surface area contributed by atoms with Gasteiger partial charge in [-0.25, -0.2) is 4.39 Å². The van der Waals surface area contributed by atoms with Gasteiger partial charge in [0.25, 0.3) is 0 Å². The smallest absolute Gasteiger partial charge is 0.126 e. The van der Waals surface area contributed by atoms with E-state index >= 15 is 0 Å². The fourth-order valence-corrected chi connectivity index (χ4v) is 2.99. The molecule has 3 aromatic rings. The van der Waals surface area contributed by atoms with Crippen molar-refractivity contribution in [3.8, 4) is 22.3 Å². The molecule has 0 atom stereocenters. The average molecular weight is 304 g/mol. The van der Waals surface area contributed by atoms with Crippen LogP contribution >= 0.6 is 0 Å². The molecule has 0 heterocycles. The highest BCUT2D eigenvalue weighted by Gasteiger charge is 2.10. The van der Waals surface area contributed by atoms with Gasteiger partial charge >= 0.3 is 0 Å². The van der Waals surface area contributed by atoms with Gasteiger partial charge in [-0.1, -0.05) is 54.1 Å². The molecule has 23 heavy (non-hydrogen) atoms. The molecule has 1 heteroatoms. The van der Waals surface area contributed by atoms with Gasteiger partial charge in [0.1, 0.15) is 5.82 Å². The zero-order chi connectivity index (χ0) is 16.6. The van der Waals surface area contributed by atoms with Crippen LogP contribution in [-0.2, 0) is 0 Å². The highest BCUT2D eigenvalue weighted by molar-refractivity contribution is 5.75. The first kappa shape index (κ1) is 15.5. The summed E-state index contributed by atoms with van der Waals surface area (Å²) in [6.45, 7) is 8.04. The Hall–Kier alpha value is -2.41. The maximum absolute atomic E-state index is 13.7. The Labute approximate surface area is 137 Å². The lowest BCUT2D eigenvalue weighted by molar-refractivity contribution is 0.617. The van der Waals surface area contributed by atoms with Gasteiger partial charge in [0, 0.05) is 0 Å². The minimum absolute atomic E-state index is 0.140. The number of rotatable bonds is 2.